The van der Waals surface area contributed by atoms with Crippen molar-refractivity contribution in [1.82, 2.24) is 4.90 Å². The second-order valence-electron chi connectivity index (χ2n) is 7.81. The van der Waals surface area contributed by atoms with Crippen LogP contribution in [0.15, 0.2) is 0 Å². The van der Waals surface area contributed by atoms with Gasteiger partial charge in [-0.1, -0.05) is 40.5 Å². The average Bonchev–Trinajstić information content (AvgIpc) is 3.24. The summed E-state index contributed by atoms with van der Waals surface area (Å²) in [7, 11) is 0. The molecule has 1 N–H and O–H groups in total. The Morgan fingerprint density at radius 3 is 2.35 bits per heavy atom. The van der Waals surface area contributed by atoms with Gasteiger partial charge in [0.2, 0.25) is 0 Å². The van der Waals surface area contributed by atoms with Crippen LogP contribution in [0.3, 0.4) is 0 Å². The summed E-state index contributed by atoms with van der Waals surface area (Å²) >= 11 is 0. The van der Waals surface area contributed by atoms with Crippen molar-refractivity contribution in [3.63, 3.8) is 0 Å². The highest BCUT2D eigenvalue weighted by molar-refractivity contribution is 4.98. The molecule has 3 atom stereocenters. The fraction of sp³-hybridized carbons (Fsp3) is 1.00. The number of unbranched alkanes of at least 4 members (excludes halogenated alkanes) is 1. The number of hydrogen-bond acceptors (Lipinski definition) is 2. The Balaban J connectivity index is 2.12. The molecule has 118 valence electrons. The van der Waals surface area contributed by atoms with Gasteiger partial charge in [-0.05, 0) is 56.4 Å². The highest BCUT2D eigenvalue weighted by Gasteiger charge is 2.44. The first-order chi connectivity index (χ1) is 9.49. The molecule has 20 heavy (non-hydrogen) atoms. The Bertz CT molecular complexity index is 298. The van der Waals surface area contributed by atoms with Gasteiger partial charge in [-0.25, -0.2) is 0 Å². The van der Waals surface area contributed by atoms with Gasteiger partial charge in [0.1, 0.15) is 0 Å². The van der Waals surface area contributed by atoms with Crippen LogP contribution in [0.4, 0.5) is 0 Å². The Hall–Kier alpha value is -0.0800. The van der Waals surface area contributed by atoms with Crippen LogP contribution >= 0.6 is 0 Å². The molecule has 0 amide bonds. The van der Waals surface area contributed by atoms with Gasteiger partial charge in [0.05, 0.1) is 6.10 Å². The summed E-state index contributed by atoms with van der Waals surface area (Å²) < 4.78 is 0. The van der Waals surface area contributed by atoms with Crippen LogP contribution in [-0.2, 0) is 0 Å². The number of nitrogens with zero attached hydrogens (tertiary/aromatic N) is 1. The van der Waals surface area contributed by atoms with E-state index < -0.39 is 0 Å². The molecule has 2 fully saturated rings. The van der Waals surface area contributed by atoms with Gasteiger partial charge >= 0.3 is 0 Å². The van der Waals surface area contributed by atoms with Crippen LogP contribution in [0.2, 0.25) is 0 Å². The minimum absolute atomic E-state index is 0.0632. The fourth-order valence-electron chi connectivity index (χ4n) is 4.03. The predicted octanol–water partition coefficient (Wildman–Crippen LogP) is 4.22. The minimum atomic E-state index is -0.0632. The number of hydrogen-bond donors (Lipinski definition) is 1. The molecule has 0 saturated heterocycles. The van der Waals surface area contributed by atoms with Crippen molar-refractivity contribution in [3.05, 3.63) is 0 Å². The van der Waals surface area contributed by atoms with Crippen LogP contribution in [0.5, 0.6) is 0 Å². The molecule has 3 unspecified atom stereocenters. The third-order valence-corrected chi connectivity index (χ3v) is 5.92. The van der Waals surface area contributed by atoms with Gasteiger partial charge < -0.3 is 5.11 Å². The predicted molar refractivity (Wildman–Crippen MR) is 85.8 cm³/mol. The number of aliphatic hydroxyl groups is 1. The second kappa shape index (κ2) is 6.79. The molecule has 0 spiro atoms. The van der Waals surface area contributed by atoms with Crippen LogP contribution in [-0.4, -0.2) is 34.7 Å². The first-order valence-corrected chi connectivity index (χ1v) is 8.93. The lowest BCUT2D eigenvalue weighted by Gasteiger charge is -2.48. The largest absolute Gasteiger partial charge is 0.393 e. The summed E-state index contributed by atoms with van der Waals surface area (Å²) in [5.41, 5.74) is 0.407. The Labute approximate surface area is 125 Å². The maximum Gasteiger partial charge on any atom is 0.0555 e. The van der Waals surface area contributed by atoms with Gasteiger partial charge in [0.25, 0.3) is 0 Å². The van der Waals surface area contributed by atoms with E-state index in [0.29, 0.717) is 11.5 Å². The lowest BCUT2D eigenvalue weighted by atomic mass is 9.66. The molecule has 2 rings (SSSR count). The molecule has 2 nitrogen and oxygen atoms in total. The molecule has 0 aromatic carbocycles. The van der Waals surface area contributed by atoms with Gasteiger partial charge in [-0.2, -0.15) is 0 Å². The van der Waals surface area contributed by atoms with E-state index in [1.807, 2.05) is 0 Å². The van der Waals surface area contributed by atoms with Gasteiger partial charge in [0.15, 0.2) is 0 Å². The van der Waals surface area contributed by atoms with E-state index in [2.05, 4.69) is 32.6 Å². The maximum atomic E-state index is 10.2. The summed E-state index contributed by atoms with van der Waals surface area (Å²) in [5, 5.41) is 10.2. The Morgan fingerprint density at radius 1 is 1.10 bits per heavy atom. The summed E-state index contributed by atoms with van der Waals surface area (Å²) in [4.78, 5) is 2.79. The standard InChI is InChI=1S/C18H35NO/c1-5-7-12-19(14-8-9-14)17-13-15(20)10-11-16(17)18(3,4)6-2/h14-17,20H,5-13H2,1-4H3. The summed E-state index contributed by atoms with van der Waals surface area (Å²) in [6, 6.07) is 1.44. The van der Waals surface area contributed by atoms with Crippen LogP contribution in [0.1, 0.15) is 79.1 Å². The normalized spacial score (nSPS) is 31.8. The smallest absolute Gasteiger partial charge is 0.0555 e. The van der Waals surface area contributed by atoms with E-state index in [0.717, 1.165) is 24.8 Å². The molecule has 0 aromatic rings. The van der Waals surface area contributed by atoms with Crippen molar-refractivity contribution >= 4 is 0 Å². The van der Waals surface area contributed by atoms with Gasteiger partial charge in [-0.3, -0.25) is 4.90 Å². The fourth-order valence-corrected chi connectivity index (χ4v) is 4.03. The van der Waals surface area contributed by atoms with Crippen molar-refractivity contribution in [1.29, 1.82) is 0 Å². The molecule has 2 saturated carbocycles. The number of aliphatic hydroxyl groups excluding tert-OH is 1. The van der Waals surface area contributed by atoms with Crippen molar-refractivity contribution in [2.24, 2.45) is 11.3 Å². The average molecular weight is 281 g/mol. The topological polar surface area (TPSA) is 23.5 Å². The first kappa shape index (κ1) is 16.3. The van der Waals surface area contributed by atoms with Gasteiger partial charge in [-0.15, -0.1) is 0 Å². The summed E-state index contributed by atoms with van der Waals surface area (Å²) in [6.45, 7) is 10.7. The second-order valence-corrected chi connectivity index (χ2v) is 7.81. The molecule has 0 heterocycles. The maximum absolute atomic E-state index is 10.2. The van der Waals surface area contributed by atoms with E-state index in [1.165, 1.54) is 45.1 Å². The highest BCUT2D eigenvalue weighted by Crippen LogP contribution is 2.45. The van der Waals surface area contributed by atoms with E-state index in [4.69, 9.17) is 0 Å². The Kier molecular flexibility index (Phi) is 5.53. The third kappa shape index (κ3) is 3.76. The third-order valence-electron chi connectivity index (χ3n) is 5.92. The molecule has 0 radical (unpaired) electrons. The quantitative estimate of drug-likeness (QED) is 0.755. The molecule has 2 heteroatoms. The van der Waals surface area contributed by atoms with Crippen molar-refractivity contribution < 1.29 is 5.11 Å². The molecule has 0 aromatic heterocycles. The highest BCUT2D eigenvalue weighted by atomic mass is 16.3. The van der Waals surface area contributed by atoms with E-state index >= 15 is 0 Å². The molecular formula is C18H35NO. The molecule has 2 aliphatic carbocycles. The lowest BCUT2D eigenvalue weighted by molar-refractivity contribution is -0.0219. The molecule has 2 aliphatic rings. The zero-order valence-corrected chi connectivity index (χ0v) is 14.1. The SMILES string of the molecule is CCCCN(C1CC1)C1CC(O)CCC1C(C)(C)CC. The molecule has 0 aliphatic heterocycles. The molecule has 0 bridgehead atoms. The van der Waals surface area contributed by atoms with Crippen LogP contribution in [0.25, 0.3) is 0 Å². The van der Waals surface area contributed by atoms with Crippen LogP contribution < -0.4 is 0 Å². The van der Waals surface area contributed by atoms with E-state index in [1.54, 1.807) is 0 Å². The number of rotatable bonds is 7. The lowest BCUT2D eigenvalue weighted by Crippen LogP contribution is -2.51. The molecular weight excluding hydrogens is 246 g/mol. The van der Waals surface area contributed by atoms with Crippen molar-refractivity contribution in [3.8, 4) is 0 Å². The van der Waals surface area contributed by atoms with E-state index in [9.17, 15) is 5.11 Å². The zero-order chi connectivity index (χ0) is 14.8. The summed E-state index contributed by atoms with van der Waals surface area (Å²) in [5.74, 6) is 0.758. The summed E-state index contributed by atoms with van der Waals surface area (Å²) in [6.07, 6.45) is 9.77. The van der Waals surface area contributed by atoms with E-state index in [-0.39, 0.29) is 6.10 Å². The van der Waals surface area contributed by atoms with Gasteiger partial charge in [0, 0.05) is 12.1 Å². The zero-order valence-electron chi connectivity index (χ0n) is 14.1. The Morgan fingerprint density at radius 2 is 1.80 bits per heavy atom. The van der Waals surface area contributed by atoms with Crippen molar-refractivity contribution in [2.45, 2.75) is 97.2 Å². The van der Waals surface area contributed by atoms with Crippen LogP contribution in [0, 0.1) is 11.3 Å². The first-order valence-electron chi connectivity index (χ1n) is 8.93. The minimum Gasteiger partial charge on any atom is -0.393 e. The monoisotopic (exact) mass is 281 g/mol. The van der Waals surface area contributed by atoms with Crippen molar-refractivity contribution in [2.75, 3.05) is 6.54 Å².